The Morgan fingerprint density at radius 3 is 1.75 bits per heavy atom. The minimum Gasteiger partial charge on any atom is -0.493 e. The van der Waals surface area contributed by atoms with E-state index in [0.717, 1.165) is 55.0 Å². The summed E-state index contributed by atoms with van der Waals surface area (Å²) >= 11 is 0. The van der Waals surface area contributed by atoms with Crippen LogP contribution >= 0.6 is 0 Å². The standard InChI is InChI=1S/C24H38N2O4.2C7H8O3S/c1-14(2)9-17-13-26-8-7-16-10-21(28-5)22(29-6)11-18(16)19(26)12-20(17)30-24(27)23(25)15(3)4;2*1-6-2-4-7(5-3-6)11(8,9)10/h10-11,14-15,17,19-20,23H,7-9,12-13,25H2,1-6H3;2*2-5H,1H3,(H,8,9,10)/t17-,19-,20-,23+;;/m1../s1. The van der Waals surface area contributed by atoms with Gasteiger partial charge in [0.05, 0.1) is 24.0 Å². The van der Waals surface area contributed by atoms with Gasteiger partial charge in [-0.3, -0.25) is 18.8 Å². The fourth-order valence-corrected chi connectivity index (χ4v) is 7.26. The molecule has 4 N–H and O–H groups in total. The summed E-state index contributed by atoms with van der Waals surface area (Å²) in [5, 5.41) is 0. The van der Waals surface area contributed by atoms with E-state index in [2.05, 4.69) is 30.9 Å². The van der Waals surface area contributed by atoms with Gasteiger partial charge in [0.1, 0.15) is 12.1 Å². The largest absolute Gasteiger partial charge is 0.493 e. The second-order valence-corrected chi connectivity index (χ2v) is 17.0. The normalized spacial score (nSPS) is 19.2. The van der Waals surface area contributed by atoms with Crippen molar-refractivity contribution >= 4 is 26.2 Å². The number of nitrogens with two attached hydrogens (primary N) is 1. The van der Waals surface area contributed by atoms with Crippen molar-refractivity contribution in [2.24, 2.45) is 23.5 Å². The van der Waals surface area contributed by atoms with Gasteiger partial charge in [-0.15, -0.1) is 0 Å². The SMILES string of the molecule is COc1cc2c(cc1OC)[C@H]1C[C@@H](OC(=O)[C@@H](N)C(C)C)[C@H](CC(C)C)CN1CC2.Cc1ccc(S(=O)(=O)O)cc1.Cc1ccc(S(=O)(=O)O)cc1. The van der Waals surface area contributed by atoms with Gasteiger partial charge in [0.15, 0.2) is 11.5 Å². The van der Waals surface area contributed by atoms with Crippen LogP contribution in [0.1, 0.15) is 68.8 Å². The average molecular weight is 763 g/mol. The van der Waals surface area contributed by atoms with Crippen LogP contribution in [0.5, 0.6) is 11.5 Å². The molecule has 0 saturated carbocycles. The van der Waals surface area contributed by atoms with Crippen LogP contribution in [0.2, 0.25) is 0 Å². The van der Waals surface area contributed by atoms with E-state index in [1.54, 1.807) is 38.5 Å². The van der Waals surface area contributed by atoms with Crippen molar-refractivity contribution in [3.8, 4) is 11.5 Å². The lowest BCUT2D eigenvalue weighted by atomic mass is 9.79. The zero-order valence-electron chi connectivity index (χ0n) is 31.3. The molecule has 2 aliphatic rings. The van der Waals surface area contributed by atoms with E-state index in [4.69, 9.17) is 29.0 Å². The first-order chi connectivity index (χ1) is 24.2. The van der Waals surface area contributed by atoms with Crippen molar-refractivity contribution in [2.75, 3.05) is 27.3 Å². The summed E-state index contributed by atoms with van der Waals surface area (Å²) in [5.74, 6) is 2.18. The lowest BCUT2D eigenvalue weighted by Gasteiger charge is -2.47. The van der Waals surface area contributed by atoms with Crippen molar-refractivity contribution in [1.82, 2.24) is 4.90 Å². The third kappa shape index (κ3) is 12.0. The highest BCUT2D eigenvalue weighted by atomic mass is 32.2. The van der Waals surface area contributed by atoms with Crippen LogP contribution in [0.25, 0.3) is 0 Å². The van der Waals surface area contributed by atoms with E-state index in [1.165, 1.54) is 35.4 Å². The molecule has 5 rings (SSSR count). The van der Waals surface area contributed by atoms with Crippen molar-refractivity contribution in [3.63, 3.8) is 0 Å². The molecule has 0 aliphatic carbocycles. The van der Waals surface area contributed by atoms with Crippen molar-refractivity contribution in [1.29, 1.82) is 0 Å². The number of piperidine rings is 1. The van der Waals surface area contributed by atoms with Gasteiger partial charge in [-0.25, -0.2) is 0 Å². The van der Waals surface area contributed by atoms with E-state index >= 15 is 0 Å². The molecule has 4 atom stereocenters. The van der Waals surface area contributed by atoms with E-state index < -0.39 is 26.3 Å². The lowest BCUT2D eigenvalue weighted by molar-refractivity contribution is -0.160. The number of hydrogen-bond acceptors (Lipinski definition) is 10. The van der Waals surface area contributed by atoms with Gasteiger partial charge in [-0.05, 0) is 86.1 Å². The Bertz CT molecular complexity index is 1770. The van der Waals surface area contributed by atoms with Crippen molar-refractivity contribution in [2.45, 2.75) is 88.8 Å². The van der Waals surface area contributed by atoms with E-state index in [9.17, 15) is 21.6 Å². The zero-order chi connectivity index (χ0) is 39.0. The first kappa shape index (κ1) is 42.9. The predicted octanol–water partition coefficient (Wildman–Crippen LogP) is 6.05. The molecule has 3 aromatic carbocycles. The number of carbonyl (C=O) groups excluding carboxylic acids is 1. The Balaban J connectivity index is 0.000000269. The smallest absolute Gasteiger partial charge is 0.323 e. The van der Waals surface area contributed by atoms with Crippen LogP contribution in [0.15, 0.2) is 70.5 Å². The van der Waals surface area contributed by atoms with Crippen molar-refractivity contribution < 1.29 is 44.9 Å². The molecule has 3 aromatic rings. The number of esters is 1. The first-order valence-corrected chi connectivity index (χ1v) is 20.2. The summed E-state index contributed by atoms with van der Waals surface area (Å²) in [5.41, 5.74) is 10.6. The Kier molecular flexibility index (Phi) is 15.2. The van der Waals surface area contributed by atoms with Crippen LogP contribution in [-0.4, -0.2) is 76.3 Å². The molecule has 2 aliphatic heterocycles. The number of ether oxygens (including phenoxy) is 3. The minimum absolute atomic E-state index is 0.0632. The van der Waals surface area contributed by atoms with Crippen molar-refractivity contribution in [3.05, 3.63) is 82.9 Å². The average Bonchev–Trinajstić information content (AvgIpc) is 3.07. The number of aryl methyl sites for hydroxylation is 2. The fourth-order valence-electron chi connectivity index (χ4n) is 6.30. The van der Waals surface area contributed by atoms with Crippen LogP contribution in [0.3, 0.4) is 0 Å². The lowest BCUT2D eigenvalue weighted by Crippen LogP contribution is -2.51. The highest BCUT2D eigenvalue weighted by Gasteiger charge is 2.41. The molecule has 0 bridgehead atoms. The van der Waals surface area contributed by atoms with Crippen LogP contribution in [0, 0.1) is 31.6 Å². The molecule has 1 fully saturated rings. The Hall–Kier alpha value is -3.53. The third-order valence-electron chi connectivity index (χ3n) is 9.23. The predicted molar refractivity (Wildman–Crippen MR) is 200 cm³/mol. The Morgan fingerprint density at radius 1 is 0.846 bits per heavy atom. The summed E-state index contributed by atoms with van der Waals surface area (Å²) in [6, 6.07) is 15.8. The molecule has 1 saturated heterocycles. The maximum atomic E-state index is 12.7. The number of fused-ring (bicyclic) bond motifs is 3. The summed E-state index contributed by atoms with van der Waals surface area (Å²) in [6.45, 7) is 14.0. The summed E-state index contributed by atoms with van der Waals surface area (Å²) in [7, 11) is -4.70. The second-order valence-electron chi connectivity index (χ2n) is 14.1. The Morgan fingerprint density at radius 2 is 1.33 bits per heavy atom. The van der Waals surface area contributed by atoms with Gasteiger partial charge in [-0.1, -0.05) is 63.1 Å². The number of rotatable bonds is 9. The molecule has 0 unspecified atom stereocenters. The highest BCUT2D eigenvalue weighted by Crippen LogP contribution is 2.44. The van der Waals surface area contributed by atoms with E-state index in [-0.39, 0.29) is 33.8 Å². The van der Waals surface area contributed by atoms with Gasteiger partial charge >= 0.3 is 5.97 Å². The molecular weight excluding hydrogens is 709 g/mol. The maximum Gasteiger partial charge on any atom is 0.323 e. The number of carbonyl (C=O) groups is 1. The molecule has 0 radical (unpaired) electrons. The third-order valence-corrected chi connectivity index (χ3v) is 11.0. The number of hydrogen-bond donors (Lipinski definition) is 3. The number of benzene rings is 3. The summed E-state index contributed by atoms with van der Waals surface area (Å²) in [6.07, 6.45) is 2.70. The molecule has 14 heteroatoms. The monoisotopic (exact) mass is 762 g/mol. The van der Waals surface area contributed by atoms with Gasteiger partial charge in [0.2, 0.25) is 0 Å². The molecular formula is C38H54N2O10S2. The summed E-state index contributed by atoms with van der Waals surface area (Å²) in [4.78, 5) is 15.1. The first-order valence-electron chi connectivity index (χ1n) is 17.3. The topological polar surface area (TPSA) is 183 Å². The van der Waals surface area contributed by atoms with E-state index in [0.29, 0.717) is 11.8 Å². The van der Waals surface area contributed by atoms with Crippen LogP contribution in [0.4, 0.5) is 0 Å². The van der Waals surface area contributed by atoms with Gasteiger partial charge in [-0.2, -0.15) is 16.8 Å². The Labute approximate surface area is 309 Å². The highest BCUT2D eigenvalue weighted by molar-refractivity contribution is 7.86. The molecule has 2 heterocycles. The van der Waals surface area contributed by atoms with Crippen LogP contribution < -0.4 is 15.2 Å². The summed E-state index contributed by atoms with van der Waals surface area (Å²) < 4.78 is 76.2. The van der Waals surface area contributed by atoms with E-state index in [1.807, 2.05) is 27.7 Å². The molecule has 0 aromatic heterocycles. The van der Waals surface area contributed by atoms with Crippen LogP contribution in [-0.2, 0) is 36.2 Å². The fraction of sp³-hybridized carbons (Fsp3) is 0.500. The van der Waals surface area contributed by atoms with Gasteiger partial charge in [0.25, 0.3) is 20.2 Å². The second kappa shape index (κ2) is 18.5. The number of methoxy groups -OCH3 is 2. The minimum atomic E-state index is -4.02. The molecule has 12 nitrogen and oxygen atoms in total. The molecule has 0 spiro atoms. The van der Waals surface area contributed by atoms with Gasteiger partial charge in [0, 0.05) is 31.5 Å². The molecule has 52 heavy (non-hydrogen) atoms. The number of nitrogens with zero attached hydrogens (tertiary/aromatic N) is 1. The van der Waals surface area contributed by atoms with Gasteiger partial charge < -0.3 is 19.9 Å². The molecule has 288 valence electrons. The zero-order valence-corrected chi connectivity index (χ0v) is 32.9. The molecule has 0 amide bonds. The maximum absolute atomic E-state index is 12.7. The quantitative estimate of drug-likeness (QED) is 0.170.